The maximum Gasteiger partial charge on any atom is 0.307 e. The van der Waals surface area contributed by atoms with Crippen molar-refractivity contribution in [3.05, 3.63) is 100 Å². The first-order valence-corrected chi connectivity index (χ1v) is 15.1. The fourth-order valence-corrected chi connectivity index (χ4v) is 5.54. The molecule has 1 amide bonds. The number of amides is 1. The van der Waals surface area contributed by atoms with Crippen LogP contribution in [0.2, 0.25) is 0 Å². The summed E-state index contributed by atoms with van der Waals surface area (Å²) < 4.78 is 21.1. The average molecular weight is 637 g/mol. The number of fused-ring (bicyclic) bond motifs is 2. The van der Waals surface area contributed by atoms with Gasteiger partial charge in [0.15, 0.2) is 5.43 Å². The molecule has 47 heavy (non-hydrogen) atoms. The largest absolute Gasteiger partial charge is 0.497 e. The Labute approximate surface area is 272 Å². The highest BCUT2D eigenvalue weighted by Gasteiger charge is 2.23. The van der Waals surface area contributed by atoms with Crippen molar-refractivity contribution in [1.82, 2.24) is 4.90 Å². The lowest BCUT2D eigenvalue weighted by molar-refractivity contribution is -0.140. The molecule has 0 N–H and O–H groups in total. The van der Waals surface area contributed by atoms with E-state index < -0.39 is 11.9 Å². The van der Waals surface area contributed by atoms with E-state index in [1.54, 1.807) is 25.3 Å². The number of hydrogen-bond donors (Lipinski definition) is 0. The van der Waals surface area contributed by atoms with Crippen molar-refractivity contribution in [2.24, 2.45) is 0 Å². The van der Waals surface area contributed by atoms with Crippen LogP contribution in [0.5, 0.6) is 5.75 Å². The van der Waals surface area contributed by atoms with Crippen LogP contribution >= 0.6 is 0 Å². The molecule has 3 aromatic carbocycles. The summed E-state index contributed by atoms with van der Waals surface area (Å²) in [6, 6.07) is 23.8. The molecule has 1 heterocycles. The molecule has 0 aromatic heterocycles. The molecule has 0 spiro atoms. The number of aryl methyl sites for hydroxylation is 1. The minimum absolute atomic E-state index is 0.0106. The van der Waals surface area contributed by atoms with Crippen LogP contribution in [-0.4, -0.2) is 64.2 Å². The van der Waals surface area contributed by atoms with Gasteiger partial charge in [0.1, 0.15) is 17.1 Å². The minimum Gasteiger partial charge on any atom is -0.497 e. The van der Waals surface area contributed by atoms with E-state index in [9.17, 15) is 19.2 Å². The van der Waals surface area contributed by atoms with Crippen LogP contribution in [0.25, 0.3) is 33.4 Å². The van der Waals surface area contributed by atoms with E-state index in [1.807, 2.05) is 67.4 Å². The summed E-state index contributed by atoms with van der Waals surface area (Å²) >= 11 is 0. The summed E-state index contributed by atoms with van der Waals surface area (Å²) in [5.74, 6) is -0.0353. The molecular formula is C37H36N2O8. The third kappa shape index (κ3) is 7.12. The van der Waals surface area contributed by atoms with Gasteiger partial charge in [-0.25, -0.2) is 0 Å². The summed E-state index contributed by atoms with van der Waals surface area (Å²) in [6.07, 6.45) is -0.0212. The second-order valence-corrected chi connectivity index (χ2v) is 11.0. The van der Waals surface area contributed by atoms with Crippen molar-refractivity contribution in [3.8, 4) is 28.2 Å². The van der Waals surface area contributed by atoms with Crippen LogP contribution in [0, 0.1) is 6.92 Å². The maximum absolute atomic E-state index is 13.6. The van der Waals surface area contributed by atoms with Crippen LogP contribution in [0.3, 0.4) is 0 Å². The van der Waals surface area contributed by atoms with Gasteiger partial charge in [-0.15, -0.1) is 0 Å². The summed E-state index contributed by atoms with van der Waals surface area (Å²) in [5, 5.41) is 0.836. The molecule has 0 atom stereocenters. The Balaban J connectivity index is 1.55. The topological polar surface area (TPSA) is 116 Å². The Morgan fingerprint density at radius 1 is 0.745 bits per heavy atom. The summed E-state index contributed by atoms with van der Waals surface area (Å²) in [5.41, 5.74) is 5.96. The van der Waals surface area contributed by atoms with Gasteiger partial charge < -0.3 is 28.4 Å². The van der Waals surface area contributed by atoms with Crippen molar-refractivity contribution in [3.63, 3.8) is 0 Å². The third-order valence-corrected chi connectivity index (χ3v) is 8.18. The van der Waals surface area contributed by atoms with Gasteiger partial charge in [-0.3, -0.25) is 19.2 Å². The molecule has 10 nitrogen and oxygen atoms in total. The number of esters is 2. The van der Waals surface area contributed by atoms with E-state index in [0.29, 0.717) is 16.9 Å². The molecule has 0 fully saturated rings. The third-order valence-electron chi connectivity index (χ3n) is 8.18. The van der Waals surface area contributed by atoms with E-state index in [1.165, 1.54) is 31.3 Å². The number of hydrogen-bond acceptors (Lipinski definition) is 9. The van der Waals surface area contributed by atoms with Crippen molar-refractivity contribution < 1.29 is 33.0 Å². The molecule has 3 aromatic rings. The predicted octanol–water partition coefficient (Wildman–Crippen LogP) is 6.22. The van der Waals surface area contributed by atoms with E-state index in [2.05, 4.69) is 0 Å². The number of carbonyl (C=O) groups excluding carboxylic acids is 3. The Hall–Kier alpha value is -5.64. The fraction of sp³-hybridized carbons (Fsp3) is 0.243. The van der Waals surface area contributed by atoms with Crippen molar-refractivity contribution in [1.29, 1.82) is 0 Å². The van der Waals surface area contributed by atoms with Crippen LogP contribution < -0.4 is 15.1 Å². The zero-order valence-corrected chi connectivity index (χ0v) is 27.0. The lowest BCUT2D eigenvalue weighted by Crippen LogP contribution is -2.35. The van der Waals surface area contributed by atoms with Gasteiger partial charge in [0.05, 0.1) is 34.2 Å². The van der Waals surface area contributed by atoms with Gasteiger partial charge in [0.2, 0.25) is 0 Å². The highest BCUT2D eigenvalue weighted by atomic mass is 16.5. The zero-order chi connectivity index (χ0) is 33.7. The van der Waals surface area contributed by atoms with E-state index >= 15 is 0 Å². The molecule has 242 valence electrons. The first-order chi connectivity index (χ1) is 22.6. The number of anilines is 2. The zero-order valence-electron chi connectivity index (χ0n) is 27.0. The molecular weight excluding hydrogens is 600 g/mol. The van der Waals surface area contributed by atoms with Gasteiger partial charge in [-0.05, 0) is 78.7 Å². The van der Waals surface area contributed by atoms with Crippen LogP contribution in [-0.2, 0) is 19.1 Å². The lowest BCUT2D eigenvalue weighted by atomic mass is 9.90. The molecule has 2 aliphatic rings. The second-order valence-electron chi connectivity index (χ2n) is 11.0. The van der Waals surface area contributed by atoms with Gasteiger partial charge in [0, 0.05) is 65.7 Å². The van der Waals surface area contributed by atoms with Crippen LogP contribution in [0.1, 0.15) is 28.8 Å². The minimum atomic E-state index is -0.458. The first kappa shape index (κ1) is 32.7. The Kier molecular flexibility index (Phi) is 9.89. The Morgan fingerprint density at radius 2 is 1.38 bits per heavy atom. The number of methoxy groups -OCH3 is 3. The molecule has 10 heteroatoms. The molecule has 0 unspecified atom stereocenters. The van der Waals surface area contributed by atoms with Gasteiger partial charge >= 0.3 is 11.9 Å². The van der Waals surface area contributed by atoms with Crippen LogP contribution in [0.4, 0.5) is 11.4 Å². The van der Waals surface area contributed by atoms with Gasteiger partial charge in [-0.2, -0.15) is 0 Å². The maximum atomic E-state index is 13.6. The van der Waals surface area contributed by atoms with Crippen molar-refractivity contribution in [2.75, 3.05) is 46.4 Å². The summed E-state index contributed by atoms with van der Waals surface area (Å²) in [6.45, 7) is 2.09. The number of benzene rings is 4. The smallest absolute Gasteiger partial charge is 0.307 e. The summed E-state index contributed by atoms with van der Waals surface area (Å²) in [4.78, 5) is 53.1. The van der Waals surface area contributed by atoms with Crippen molar-refractivity contribution in [2.45, 2.75) is 19.8 Å². The molecule has 5 rings (SSSR count). The van der Waals surface area contributed by atoms with Gasteiger partial charge in [0.25, 0.3) is 5.91 Å². The summed E-state index contributed by atoms with van der Waals surface area (Å²) in [7, 11) is 6.16. The Morgan fingerprint density at radius 3 is 2.00 bits per heavy atom. The standard InChI is InChI=1S/C37H36N2O8/c1-23-20-24(37(43)39(18-16-34(41)45-4)19-17-35(42)46-5)6-13-29(23)36-30-14-9-26(38(2)25-7-11-28(44-3)12-8-25)21-32(30)47-33-22-27(40)10-15-31(33)36/h6-15,20-22H,16-19H2,1-5H3. The van der Waals surface area contributed by atoms with E-state index in [4.69, 9.17) is 18.6 Å². The average Bonchev–Trinajstić information content (AvgIpc) is 3.09. The lowest BCUT2D eigenvalue weighted by Gasteiger charge is -2.23. The normalized spacial score (nSPS) is 10.9. The monoisotopic (exact) mass is 636 g/mol. The predicted molar refractivity (Wildman–Crippen MR) is 180 cm³/mol. The fourth-order valence-electron chi connectivity index (χ4n) is 5.54. The number of ether oxygens (including phenoxy) is 3. The molecule has 0 saturated carbocycles. The molecule has 0 radical (unpaired) electrons. The van der Waals surface area contributed by atoms with Gasteiger partial charge in [-0.1, -0.05) is 6.07 Å². The SMILES string of the molecule is COC(=O)CCN(CCC(=O)OC)C(=O)c1ccc(-c2c3ccc(=O)cc-3oc3cc(N(C)c4ccc(OC)cc4)ccc23)c(C)c1. The second kappa shape index (κ2) is 14.2. The molecule has 1 aliphatic heterocycles. The number of carbonyl (C=O) groups is 3. The highest BCUT2D eigenvalue weighted by Crippen LogP contribution is 2.42. The molecule has 1 aliphatic carbocycles. The number of rotatable bonds is 11. The molecule has 0 saturated heterocycles. The highest BCUT2D eigenvalue weighted by molar-refractivity contribution is 6.04. The Bertz CT molecular complexity index is 1940. The van der Waals surface area contributed by atoms with Crippen LogP contribution in [0.15, 0.2) is 88.1 Å². The van der Waals surface area contributed by atoms with E-state index in [-0.39, 0.29) is 37.3 Å². The molecule has 0 bridgehead atoms. The first-order valence-electron chi connectivity index (χ1n) is 15.1. The quantitative estimate of drug-likeness (QED) is 0.123. The van der Waals surface area contributed by atoms with E-state index in [0.717, 1.165) is 44.8 Å². The number of nitrogens with zero attached hydrogens (tertiary/aromatic N) is 2. The van der Waals surface area contributed by atoms with Crippen molar-refractivity contribution >= 4 is 40.2 Å².